The fourth-order valence-corrected chi connectivity index (χ4v) is 2.76. The van der Waals surface area contributed by atoms with Gasteiger partial charge < -0.3 is 15.0 Å². The van der Waals surface area contributed by atoms with E-state index in [1.54, 1.807) is 24.0 Å². The quantitative estimate of drug-likeness (QED) is 0.843. The third kappa shape index (κ3) is 4.11. The zero-order valence-electron chi connectivity index (χ0n) is 14.0. The molecular weight excluding hydrogens is 324 g/mol. The van der Waals surface area contributed by atoms with Gasteiger partial charge in [-0.15, -0.1) is 5.10 Å². The monoisotopic (exact) mass is 344 g/mol. The van der Waals surface area contributed by atoms with E-state index < -0.39 is 0 Å². The lowest BCUT2D eigenvalue weighted by Crippen LogP contribution is -2.42. The highest BCUT2D eigenvalue weighted by Crippen LogP contribution is 2.20. The van der Waals surface area contributed by atoms with E-state index in [1.807, 2.05) is 12.1 Å². The van der Waals surface area contributed by atoms with Crippen molar-refractivity contribution in [2.24, 2.45) is 5.92 Å². The average molecular weight is 344 g/mol. The number of benzene rings is 1. The number of nitrogens with zero attached hydrogens (tertiary/aromatic N) is 5. The normalized spacial score (nSPS) is 15.0. The van der Waals surface area contributed by atoms with Crippen LogP contribution in [0.5, 0.6) is 0 Å². The molecule has 9 nitrogen and oxygen atoms in total. The third-order valence-electron chi connectivity index (χ3n) is 4.13. The van der Waals surface area contributed by atoms with Gasteiger partial charge in [0.2, 0.25) is 0 Å². The van der Waals surface area contributed by atoms with E-state index in [-0.39, 0.29) is 17.9 Å². The lowest BCUT2D eigenvalue weighted by Gasteiger charge is -2.30. The maximum absolute atomic E-state index is 12.3. The first-order valence-electron chi connectivity index (χ1n) is 8.23. The zero-order chi connectivity index (χ0) is 17.6. The molecule has 1 aliphatic heterocycles. The SMILES string of the molecule is CCOC(=O)C1CCN(C(=O)Nc2ccc(-n3cnnn3)cc2)CC1. The number of hydrogen-bond acceptors (Lipinski definition) is 6. The number of piperidine rings is 1. The van der Waals surface area contributed by atoms with Crippen LogP contribution in [0.25, 0.3) is 5.69 Å². The number of tetrazole rings is 1. The number of rotatable bonds is 4. The van der Waals surface area contributed by atoms with Gasteiger partial charge in [-0.25, -0.2) is 9.48 Å². The Labute approximate surface area is 144 Å². The molecule has 3 rings (SSSR count). The Bertz CT molecular complexity index is 708. The first kappa shape index (κ1) is 16.9. The standard InChI is InChI=1S/C16H20N6O3/c1-2-25-15(23)12-7-9-21(10-8-12)16(24)18-13-3-5-14(6-4-13)22-11-17-19-20-22/h3-6,11-12H,2,7-10H2,1H3,(H,18,24). The highest BCUT2D eigenvalue weighted by atomic mass is 16.5. The molecule has 2 heterocycles. The third-order valence-corrected chi connectivity index (χ3v) is 4.13. The summed E-state index contributed by atoms with van der Waals surface area (Å²) in [6, 6.07) is 7.05. The van der Waals surface area contributed by atoms with Gasteiger partial charge in [-0.3, -0.25) is 4.79 Å². The van der Waals surface area contributed by atoms with Crippen molar-refractivity contribution in [3.63, 3.8) is 0 Å². The lowest BCUT2D eigenvalue weighted by molar-refractivity contribution is -0.149. The fourth-order valence-electron chi connectivity index (χ4n) is 2.76. The predicted octanol–water partition coefficient (Wildman–Crippen LogP) is 1.47. The molecule has 132 valence electrons. The van der Waals surface area contributed by atoms with Crippen LogP contribution in [0, 0.1) is 5.92 Å². The summed E-state index contributed by atoms with van der Waals surface area (Å²) < 4.78 is 6.57. The molecule has 0 aliphatic carbocycles. The van der Waals surface area contributed by atoms with Gasteiger partial charge in [0.25, 0.3) is 0 Å². The van der Waals surface area contributed by atoms with Gasteiger partial charge in [0.15, 0.2) is 0 Å². The van der Waals surface area contributed by atoms with Crippen LogP contribution in [-0.4, -0.2) is 56.8 Å². The molecule has 1 N–H and O–H groups in total. The number of esters is 1. The molecule has 1 aromatic heterocycles. The second-order valence-corrected chi connectivity index (χ2v) is 5.74. The minimum absolute atomic E-state index is 0.112. The Hall–Kier alpha value is -2.97. The number of amides is 2. The lowest BCUT2D eigenvalue weighted by atomic mass is 9.97. The van der Waals surface area contributed by atoms with Gasteiger partial charge in [0.1, 0.15) is 6.33 Å². The molecule has 0 radical (unpaired) electrons. The average Bonchev–Trinajstić information content (AvgIpc) is 3.17. The van der Waals surface area contributed by atoms with Gasteiger partial charge in [-0.1, -0.05) is 0 Å². The maximum atomic E-state index is 12.3. The Morgan fingerprint density at radius 2 is 1.96 bits per heavy atom. The Kier molecular flexibility index (Phi) is 5.22. The van der Waals surface area contributed by atoms with E-state index >= 15 is 0 Å². The van der Waals surface area contributed by atoms with Gasteiger partial charge in [0.05, 0.1) is 18.2 Å². The molecule has 0 spiro atoms. The molecule has 1 aliphatic rings. The van der Waals surface area contributed by atoms with Gasteiger partial charge >= 0.3 is 12.0 Å². The first-order valence-corrected chi connectivity index (χ1v) is 8.23. The second-order valence-electron chi connectivity index (χ2n) is 5.74. The summed E-state index contributed by atoms with van der Waals surface area (Å²) in [5, 5.41) is 13.8. The van der Waals surface area contributed by atoms with Crippen molar-refractivity contribution in [2.75, 3.05) is 25.0 Å². The number of carbonyl (C=O) groups excluding carboxylic acids is 2. The molecule has 0 atom stereocenters. The molecule has 0 saturated carbocycles. The molecule has 1 saturated heterocycles. The van der Waals surface area contributed by atoms with Crippen molar-refractivity contribution in [1.29, 1.82) is 0 Å². The summed E-state index contributed by atoms with van der Waals surface area (Å²) in [5.74, 6) is -0.277. The molecular formula is C16H20N6O3. The van der Waals surface area contributed by atoms with E-state index in [4.69, 9.17) is 4.74 Å². The molecule has 9 heteroatoms. The van der Waals surface area contributed by atoms with Crippen molar-refractivity contribution in [3.8, 4) is 5.69 Å². The number of urea groups is 1. The van der Waals surface area contributed by atoms with E-state index in [2.05, 4.69) is 20.8 Å². The summed E-state index contributed by atoms with van der Waals surface area (Å²) in [7, 11) is 0. The molecule has 25 heavy (non-hydrogen) atoms. The van der Waals surface area contributed by atoms with Crippen LogP contribution in [0.2, 0.25) is 0 Å². The van der Waals surface area contributed by atoms with Crippen LogP contribution in [-0.2, 0) is 9.53 Å². The highest BCUT2D eigenvalue weighted by Gasteiger charge is 2.28. The van der Waals surface area contributed by atoms with Crippen molar-refractivity contribution < 1.29 is 14.3 Å². The number of carbonyl (C=O) groups is 2. The number of likely N-dealkylation sites (tertiary alicyclic amines) is 1. The fraction of sp³-hybridized carbons (Fsp3) is 0.438. The van der Waals surface area contributed by atoms with Gasteiger partial charge in [0, 0.05) is 18.8 Å². The van der Waals surface area contributed by atoms with Crippen molar-refractivity contribution in [1.82, 2.24) is 25.1 Å². The maximum Gasteiger partial charge on any atom is 0.321 e. The largest absolute Gasteiger partial charge is 0.466 e. The zero-order valence-corrected chi connectivity index (χ0v) is 14.0. The van der Waals surface area contributed by atoms with E-state index in [1.165, 1.54) is 11.0 Å². The van der Waals surface area contributed by atoms with Crippen LogP contribution in [0.3, 0.4) is 0 Å². The van der Waals surface area contributed by atoms with Crippen LogP contribution in [0.15, 0.2) is 30.6 Å². The van der Waals surface area contributed by atoms with Crippen LogP contribution in [0.4, 0.5) is 10.5 Å². The van der Waals surface area contributed by atoms with Crippen LogP contribution in [0.1, 0.15) is 19.8 Å². The van der Waals surface area contributed by atoms with Crippen LogP contribution >= 0.6 is 0 Å². The molecule has 2 amide bonds. The Morgan fingerprint density at radius 1 is 1.24 bits per heavy atom. The summed E-state index contributed by atoms with van der Waals surface area (Å²) in [5.41, 5.74) is 1.49. The van der Waals surface area contributed by atoms with Crippen LogP contribution < -0.4 is 5.32 Å². The Morgan fingerprint density at radius 3 is 2.56 bits per heavy atom. The molecule has 1 aromatic carbocycles. The Balaban J connectivity index is 1.52. The summed E-state index contributed by atoms with van der Waals surface area (Å²) in [6.45, 7) is 3.27. The summed E-state index contributed by atoms with van der Waals surface area (Å²) in [6.07, 6.45) is 2.76. The summed E-state index contributed by atoms with van der Waals surface area (Å²) in [4.78, 5) is 25.8. The minimum atomic E-state index is -0.169. The number of anilines is 1. The topological polar surface area (TPSA) is 102 Å². The van der Waals surface area contributed by atoms with E-state index in [0.717, 1.165) is 5.69 Å². The number of hydrogen-bond donors (Lipinski definition) is 1. The van der Waals surface area contributed by atoms with E-state index in [0.29, 0.717) is 38.2 Å². The number of nitrogens with one attached hydrogen (secondary N) is 1. The minimum Gasteiger partial charge on any atom is -0.466 e. The molecule has 0 unspecified atom stereocenters. The number of ether oxygens (including phenoxy) is 1. The summed E-state index contributed by atoms with van der Waals surface area (Å²) >= 11 is 0. The predicted molar refractivity (Wildman–Crippen MR) is 89.1 cm³/mol. The van der Waals surface area contributed by atoms with Gasteiger partial charge in [-0.2, -0.15) is 0 Å². The molecule has 2 aromatic rings. The van der Waals surface area contributed by atoms with Gasteiger partial charge in [-0.05, 0) is 54.5 Å². The van der Waals surface area contributed by atoms with Crippen molar-refractivity contribution in [2.45, 2.75) is 19.8 Å². The molecule has 1 fully saturated rings. The highest BCUT2D eigenvalue weighted by molar-refractivity contribution is 5.89. The smallest absolute Gasteiger partial charge is 0.321 e. The first-order chi connectivity index (χ1) is 12.2. The molecule has 0 bridgehead atoms. The van der Waals surface area contributed by atoms with E-state index in [9.17, 15) is 9.59 Å². The van der Waals surface area contributed by atoms with Crippen molar-refractivity contribution >= 4 is 17.7 Å². The second kappa shape index (κ2) is 7.73. The number of aromatic nitrogens is 4. The van der Waals surface area contributed by atoms with Crippen molar-refractivity contribution in [3.05, 3.63) is 30.6 Å².